The number of aromatic nitrogens is 4. The first-order valence-electron chi connectivity index (χ1n) is 6.97. The van der Waals surface area contributed by atoms with Crippen molar-refractivity contribution in [2.75, 3.05) is 18.6 Å². The van der Waals surface area contributed by atoms with Crippen LogP contribution in [0.25, 0.3) is 11.2 Å². The molecule has 25 heavy (non-hydrogen) atoms. The van der Waals surface area contributed by atoms with Crippen LogP contribution in [0, 0.1) is 0 Å². The predicted molar refractivity (Wildman–Crippen MR) is 85.4 cm³/mol. The number of thioether (sulfide) groups is 1. The van der Waals surface area contributed by atoms with Crippen molar-refractivity contribution >= 4 is 36.6 Å². The van der Waals surface area contributed by atoms with Crippen LogP contribution in [0.1, 0.15) is 6.23 Å². The van der Waals surface area contributed by atoms with Crippen molar-refractivity contribution in [3.8, 4) is 0 Å². The molecule has 1 saturated heterocycles. The molecule has 6 N–H and O–H groups in total. The predicted octanol–water partition coefficient (Wildman–Crippen LogP) is -1.14. The van der Waals surface area contributed by atoms with Gasteiger partial charge in [0.2, 0.25) is 0 Å². The summed E-state index contributed by atoms with van der Waals surface area (Å²) in [6, 6.07) is 0. The summed E-state index contributed by atoms with van der Waals surface area (Å²) in [5.74, 6) is 0.155. The van der Waals surface area contributed by atoms with Gasteiger partial charge in [0.1, 0.15) is 23.8 Å². The van der Waals surface area contributed by atoms with Crippen molar-refractivity contribution in [2.24, 2.45) is 0 Å². The summed E-state index contributed by atoms with van der Waals surface area (Å²) in [5, 5.41) is 20.7. The highest BCUT2D eigenvalue weighted by atomic mass is 32.2. The number of nitrogens with two attached hydrogens (primary N) is 1. The number of nitrogens with zero attached hydrogens (tertiary/aromatic N) is 4. The summed E-state index contributed by atoms with van der Waals surface area (Å²) < 4.78 is 22.0. The van der Waals surface area contributed by atoms with Gasteiger partial charge in [-0.3, -0.25) is 9.09 Å². The zero-order valence-electron chi connectivity index (χ0n) is 12.8. The van der Waals surface area contributed by atoms with Gasteiger partial charge in [-0.15, -0.1) is 0 Å². The van der Waals surface area contributed by atoms with Gasteiger partial charge in [-0.05, 0) is 6.26 Å². The van der Waals surface area contributed by atoms with Gasteiger partial charge >= 0.3 is 7.82 Å². The maximum absolute atomic E-state index is 10.8. The van der Waals surface area contributed by atoms with E-state index in [2.05, 4.69) is 19.5 Å². The largest absolute Gasteiger partial charge is 0.469 e. The van der Waals surface area contributed by atoms with Crippen molar-refractivity contribution in [1.29, 1.82) is 0 Å². The number of ether oxygens (including phenoxy) is 1. The molecule has 0 amide bonds. The fourth-order valence-corrected chi connectivity index (χ4v) is 3.17. The van der Waals surface area contributed by atoms with Crippen LogP contribution in [0.5, 0.6) is 0 Å². The number of aliphatic hydroxyl groups is 2. The van der Waals surface area contributed by atoms with Crippen LogP contribution in [-0.2, 0) is 13.8 Å². The zero-order chi connectivity index (χ0) is 18.4. The van der Waals surface area contributed by atoms with Gasteiger partial charge in [0, 0.05) is 0 Å². The minimum atomic E-state index is -4.73. The van der Waals surface area contributed by atoms with Gasteiger partial charge in [0.05, 0.1) is 12.9 Å². The molecular formula is C11H16N5O7PS. The second kappa shape index (κ2) is 6.78. The monoisotopic (exact) mass is 393 g/mol. The lowest BCUT2D eigenvalue weighted by atomic mass is 10.1. The maximum atomic E-state index is 10.8. The van der Waals surface area contributed by atoms with Crippen LogP contribution in [0.4, 0.5) is 5.82 Å². The Bertz CT molecular complexity index is 828. The van der Waals surface area contributed by atoms with Gasteiger partial charge < -0.3 is 30.5 Å². The van der Waals surface area contributed by atoms with E-state index in [1.165, 1.54) is 22.7 Å². The second-order valence-electron chi connectivity index (χ2n) is 5.25. The molecule has 0 aromatic carbocycles. The molecule has 4 atom stereocenters. The fourth-order valence-electron chi connectivity index (χ4n) is 2.46. The maximum Gasteiger partial charge on any atom is 0.469 e. The first kappa shape index (κ1) is 18.5. The van der Waals surface area contributed by atoms with Gasteiger partial charge in [-0.1, -0.05) is 11.8 Å². The molecule has 0 saturated carbocycles. The summed E-state index contributed by atoms with van der Waals surface area (Å²) >= 11 is 1.26. The number of phosphoric ester groups is 1. The van der Waals surface area contributed by atoms with Gasteiger partial charge in [-0.2, -0.15) is 0 Å². The number of hydrogen-bond donors (Lipinski definition) is 5. The molecule has 2 aromatic heterocycles. The molecule has 3 rings (SSSR count). The van der Waals surface area contributed by atoms with Crippen molar-refractivity contribution in [2.45, 2.75) is 29.7 Å². The van der Waals surface area contributed by atoms with Crippen LogP contribution >= 0.6 is 19.6 Å². The van der Waals surface area contributed by atoms with E-state index in [1.54, 1.807) is 6.26 Å². The number of nitrogen functional groups attached to an aromatic ring is 1. The van der Waals surface area contributed by atoms with Gasteiger partial charge in [0.15, 0.2) is 22.8 Å². The minimum Gasteiger partial charge on any atom is -0.387 e. The minimum absolute atomic E-state index is 0.155. The number of fused-ring (bicyclic) bond motifs is 1. The smallest absolute Gasteiger partial charge is 0.387 e. The van der Waals surface area contributed by atoms with Crippen molar-refractivity contribution in [3.05, 3.63) is 6.33 Å². The molecule has 1 fully saturated rings. The van der Waals surface area contributed by atoms with E-state index in [0.717, 1.165) is 0 Å². The molecule has 12 nitrogen and oxygen atoms in total. The molecule has 0 aliphatic carbocycles. The Kier molecular flexibility index (Phi) is 5.01. The van der Waals surface area contributed by atoms with E-state index in [4.69, 9.17) is 20.3 Å². The number of hydrogen-bond acceptors (Lipinski definition) is 10. The summed E-state index contributed by atoms with van der Waals surface area (Å²) in [6.45, 7) is -0.598. The zero-order valence-corrected chi connectivity index (χ0v) is 14.5. The molecule has 1 unspecified atom stereocenters. The number of phosphoric acid groups is 1. The van der Waals surface area contributed by atoms with Gasteiger partial charge in [-0.25, -0.2) is 19.5 Å². The Hall–Kier alpha value is -1.31. The number of rotatable bonds is 5. The van der Waals surface area contributed by atoms with Crippen molar-refractivity contribution < 1.29 is 33.8 Å². The Morgan fingerprint density at radius 2 is 2.12 bits per heavy atom. The Labute approximate surface area is 145 Å². The highest BCUT2D eigenvalue weighted by molar-refractivity contribution is 7.98. The first-order valence-corrected chi connectivity index (χ1v) is 9.72. The van der Waals surface area contributed by atoms with Crippen molar-refractivity contribution in [1.82, 2.24) is 19.5 Å². The first-order chi connectivity index (χ1) is 11.7. The van der Waals surface area contributed by atoms with E-state index in [0.29, 0.717) is 16.3 Å². The van der Waals surface area contributed by atoms with Crippen LogP contribution in [0.15, 0.2) is 11.5 Å². The Morgan fingerprint density at radius 1 is 1.40 bits per heavy atom. The standard InChI is InChI=1S/C11H16N5O7PS/c1-25-11-14-8(12)5-9(15-11)16(3-13-5)10-7(18)6(17)4(23-10)2-22-24(19,20)21/h3-4,6-7,10,17-18H,2H2,1H3,(H2,12,14,15)(H2,19,20,21)/t4-,6?,7+,10-/m1/s1. The topological polar surface area (TPSA) is 186 Å². The summed E-state index contributed by atoms with van der Waals surface area (Å²) in [7, 11) is -4.73. The lowest BCUT2D eigenvalue weighted by molar-refractivity contribution is -0.0504. The third-order valence-electron chi connectivity index (χ3n) is 3.63. The molecule has 138 valence electrons. The molecule has 2 aromatic rings. The highest BCUT2D eigenvalue weighted by Crippen LogP contribution is 2.39. The average Bonchev–Trinajstić information content (AvgIpc) is 3.08. The number of imidazole rings is 1. The van der Waals surface area contributed by atoms with E-state index in [-0.39, 0.29) is 5.82 Å². The van der Waals surface area contributed by atoms with Gasteiger partial charge in [0.25, 0.3) is 0 Å². The summed E-state index contributed by atoms with van der Waals surface area (Å²) in [4.78, 5) is 29.9. The van der Waals surface area contributed by atoms with E-state index < -0.39 is 39.0 Å². The average molecular weight is 393 g/mol. The molecular weight excluding hydrogens is 377 g/mol. The SMILES string of the molecule is CSc1nc(N)c2ncn([C@@H]3O[C@H](COP(=O)(O)O)C(O)[C@@H]3O)c2n1. The number of anilines is 1. The second-order valence-corrected chi connectivity index (χ2v) is 7.26. The molecule has 1 aliphatic heterocycles. The van der Waals surface area contributed by atoms with E-state index in [1.807, 2.05) is 0 Å². The van der Waals surface area contributed by atoms with E-state index >= 15 is 0 Å². The van der Waals surface area contributed by atoms with Crippen molar-refractivity contribution in [3.63, 3.8) is 0 Å². The van der Waals surface area contributed by atoms with Crippen LogP contribution < -0.4 is 5.73 Å². The molecule has 0 bridgehead atoms. The van der Waals surface area contributed by atoms with Crippen LogP contribution in [0.2, 0.25) is 0 Å². The third-order valence-corrected chi connectivity index (χ3v) is 4.66. The van der Waals surface area contributed by atoms with Crippen LogP contribution in [-0.4, -0.2) is 70.7 Å². The molecule has 3 heterocycles. The fraction of sp³-hybridized carbons (Fsp3) is 0.545. The molecule has 0 spiro atoms. The summed E-state index contributed by atoms with van der Waals surface area (Å²) in [5.41, 5.74) is 6.43. The molecule has 0 radical (unpaired) electrons. The molecule has 1 aliphatic rings. The summed E-state index contributed by atoms with van der Waals surface area (Å²) in [6.07, 6.45) is -1.96. The molecule has 14 heteroatoms. The normalized spacial score (nSPS) is 27.2. The Morgan fingerprint density at radius 3 is 2.76 bits per heavy atom. The highest BCUT2D eigenvalue weighted by Gasteiger charge is 2.45. The van der Waals surface area contributed by atoms with E-state index in [9.17, 15) is 14.8 Å². The lowest BCUT2D eigenvalue weighted by Gasteiger charge is -2.16. The Balaban J connectivity index is 1.90. The number of aliphatic hydroxyl groups excluding tert-OH is 2. The lowest BCUT2D eigenvalue weighted by Crippen LogP contribution is -2.33. The quantitative estimate of drug-likeness (QED) is 0.234. The van der Waals surface area contributed by atoms with Crippen LogP contribution in [0.3, 0.4) is 0 Å². The third kappa shape index (κ3) is 3.64.